The summed E-state index contributed by atoms with van der Waals surface area (Å²) in [5, 5.41) is 2.87. The van der Waals surface area contributed by atoms with Gasteiger partial charge in [-0.3, -0.25) is 4.79 Å². The van der Waals surface area contributed by atoms with Crippen LogP contribution in [0, 0.1) is 13.8 Å². The second-order valence-corrected chi connectivity index (χ2v) is 5.58. The summed E-state index contributed by atoms with van der Waals surface area (Å²) in [6, 6.07) is 7.13. The number of nitrogens with zero attached hydrogens (tertiary/aromatic N) is 1. The van der Waals surface area contributed by atoms with Crippen LogP contribution in [0.3, 0.4) is 0 Å². The number of benzene rings is 1. The van der Waals surface area contributed by atoms with Crippen molar-refractivity contribution in [1.82, 2.24) is 4.57 Å². The molecular weight excluding hydrogens is 320 g/mol. The maximum atomic E-state index is 12.8. The third-order valence-corrected chi connectivity index (χ3v) is 4.11. The molecule has 25 heavy (non-hydrogen) atoms. The van der Waals surface area contributed by atoms with Gasteiger partial charge in [-0.05, 0) is 45.4 Å². The molecule has 0 bridgehead atoms. The van der Waals surface area contributed by atoms with Crippen molar-refractivity contribution in [1.29, 1.82) is 0 Å². The first kappa shape index (κ1) is 18.6. The monoisotopic (exact) mass is 344 g/mol. The molecule has 0 radical (unpaired) electrons. The molecule has 0 atom stereocenters. The van der Waals surface area contributed by atoms with Crippen molar-refractivity contribution in [2.75, 3.05) is 19.0 Å². The molecule has 0 spiro atoms. The molecule has 1 amide bonds. The van der Waals surface area contributed by atoms with Gasteiger partial charge in [0.25, 0.3) is 5.91 Å². The third-order valence-electron chi connectivity index (χ3n) is 4.11. The number of amides is 1. The lowest BCUT2D eigenvalue weighted by Crippen LogP contribution is -2.14. The summed E-state index contributed by atoms with van der Waals surface area (Å²) in [5.41, 5.74) is 2.91. The predicted molar refractivity (Wildman–Crippen MR) is 96.5 cm³/mol. The van der Waals surface area contributed by atoms with E-state index in [0.29, 0.717) is 34.8 Å². The zero-order valence-electron chi connectivity index (χ0n) is 15.3. The summed E-state index contributed by atoms with van der Waals surface area (Å²) in [6.45, 7) is 8.16. The lowest BCUT2D eigenvalue weighted by Gasteiger charge is -2.09. The summed E-state index contributed by atoms with van der Waals surface area (Å²) in [5.74, 6) is -0.0176. The average Bonchev–Trinajstić information content (AvgIpc) is 2.85. The van der Waals surface area contributed by atoms with Gasteiger partial charge >= 0.3 is 5.97 Å². The second-order valence-electron chi connectivity index (χ2n) is 5.58. The van der Waals surface area contributed by atoms with E-state index in [0.717, 1.165) is 5.69 Å². The molecule has 0 unspecified atom stereocenters. The zero-order valence-corrected chi connectivity index (χ0v) is 15.3. The molecule has 2 rings (SSSR count). The molecule has 6 nitrogen and oxygen atoms in total. The second kappa shape index (κ2) is 7.88. The smallest absolute Gasteiger partial charge is 0.355 e. The molecule has 0 saturated carbocycles. The SMILES string of the molecule is CCOC(=O)c1c(C)c(C(=O)Nc2cccc(OC)c2)c(C)n1CC. The van der Waals surface area contributed by atoms with Crippen molar-refractivity contribution >= 4 is 17.6 Å². The Morgan fingerprint density at radius 3 is 2.52 bits per heavy atom. The van der Waals surface area contributed by atoms with Gasteiger partial charge in [-0.2, -0.15) is 0 Å². The first-order chi connectivity index (χ1) is 11.9. The van der Waals surface area contributed by atoms with Gasteiger partial charge in [0.2, 0.25) is 0 Å². The maximum Gasteiger partial charge on any atom is 0.355 e. The van der Waals surface area contributed by atoms with Crippen LogP contribution in [0.25, 0.3) is 0 Å². The van der Waals surface area contributed by atoms with E-state index in [9.17, 15) is 9.59 Å². The number of esters is 1. The first-order valence-corrected chi connectivity index (χ1v) is 8.26. The normalized spacial score (nSPS) is 10.4. The van der Waals surface area contributed by atoms with Gasteiger partial charge in [-0.25, -0.2) is 4.79 Å². The Kier molecular flexibility index (Phi) is 5.85. The van der Waals surface area contributed by atoms with Crippen LogP contribution in [-0.2, 0) is 11.3 Å². The Hall–Kier alpha value is -2.76. The summed E-state index contributed by atoms with van der Waals surface area (Å²) in [4.78, 5) is 25.1. The quantitative estimate of drug-likeness (QED) is 0.814. The van der Waals surface area contributed by atoms with Crippen LogP contribution in [0.1, 0.15) is 46.0 Å². The standard InChI is InChI=1S/C19H24N2O4/c1-6-21-13(4)16(12(3)17(21)19(23)25-7-2)18(22)20-14-9-8-10-15(11-14)24-5/h8-11H,6-7H2,1-5H3,(H,20,22). The Morgan fingerprint density at radius 2 is 1.92 bits per heavy atom. The van der Waals surface area contributed by atoms with E-state index in [1.807, 2.05) is 18.4 Å². The van der Waals surface area contributed by atoms with E-state index >= 15 is 0 Å². The van der Waals surface area contributed by atoms with Crippen LogP contribution in [0.5, 0.6) is 5.75 Å². The maximum absolute atomic E-state index is 12.8. The van der Waals surface area contributed by atoms with E-state index in [4.69, 9.17) is 9.47 Å². The van der Waals surface area contributed by atoms with Crippen molar-refractivity contribution in [3.8, 4) is 5.75 Å². The van der Waals surface area contributed by atoms with Gasteiger partial charge in [0, 0.05) is 24.0 Å². The molecule has 1 aromatic carbocycles. The molecular formula is C19H24N2O4. The van der Waals surface area contributed by atoms with Gasteiger partial charge in [0.05, 0.1) is 19.3 Å². The molecule has 0 aliphatic carbocycles. The van der Waals surface area contributed by atoms with E-state index in [1.165, 1.54) is 0 Å². The summed E-state index contributed by atoms with van der Waals surface area (Å²) in [7, 11) is 1.57. The Morgan fingerprint density at radius 1 is 1.20 bits per heavy atom. The van der Waals surface area contributed by atoms with Gasteiger partial charge in [0.1, 0.15) is 11.4 Å². The van der Waals surface area contributed by atoms with Crippen LogP contribution in [-0.4, -0.2) is 30.2 Å². The summed E-state index contributed by atoms with van der Waals surface area (Å²) in [6.07, 6.45) is 0. The average molecular weight is 344 g/mol. The lowest BCUT2D eigenvalue weighted by molar-refractivity contribution is 0.0512. The molecule has 0 fully saturated rings. The van der Waals surface area contributed by atoms with E-state index in [-0.39, 0.29) is 12.5 Å². The van der Waals surface area contributed by atoms with Crippen LogP contribution < -0.4 is 10.1 Å². The fourth-order valence-corrected chi connectivity index (χ4v) is 2.98. The van der Waals surface area contributed by atoms with Crippen molar-refractivity contribution in [3.63, 3.8) is 0 Å². The highest BCUT2D eigenvalue weighted by molar-refractivity contribution is 6.08. The number of methoxy groups -OCH3 is 1. The summed E-state index contributed by atoms with van der Waals surface area (Å²) < 4.78 is 12.1. The lowest BCUT2D eigenvalue weighted by atomic mass is 10.1. The molecule has 1 heterocycles. The molecule has 0 aliphatic heterocycles. The van der Waals surface area contributed by atoms with Crippen molar-refractivity contribution in [2.24, 2.45) is 0 Å². The van der Waals surface area contributed by atoms with Gasteiger partial charge in [0.15, 0.2) is 0 Å². The Balaban J connectivity index is 2.41. The highest BCUT2D eigenvalue weighted by Gasteiger charge is 2.26. The minimum Gasteiger partial charge on any atom is -0.497 e. The first-order valence-electron chi connectivity index (χ1n) is 8.26. The summed E-state index contributed by atoms with van der Waals surface area (Å²) >= 11 is 0. The van der Waals surface area contributed by atoms with Crippen molar-refractivity contribution in [3.05, 3.63) is 46.8 Å². The number of hydrogen-bond donors (Lipinski definition) is 1. The number of hydrogen-bond acceptors (Lipinski definition) is 4. The van der Waals surface area contributed by atoms with Crippen LogP contribution >= 0.6 is 0 Å². The minimum atomic E-state index is -0.412. The number of rotatable bonds is 6. The van der Waals surface area contributed by atoms with E-state index in [2.05, 4.69) is 5.32 Å². The van der Waals surface area contributed by atoms with Crippen LogP contribution in [0.2, 0.25) is 0 Å². The fourth-order valence-electron chi connectivity index (χ4n) is 2.98. The number of anilines is 1. The van der Waals surface area contributed by atoms with Gasteiger partial charge < -0.3 is 19.4 Å². The molecule has 0 aliphatic rings. The minimum absolute atomic E-state index is 0.263. The number of carbonyl (C=O) groups is 2. The van der Waals surface area contributed by atoms with Crippen molar-refractivity contribution in [2.45, 2.75) is 34.2 Å². The number of ether oxygens (including phenoxy) is 2. The molecule has 2 aromatic rings. The Labute approximate surface area is 147 Å². The molecule has 0 saturated heterocycles. The van der Waals surface area contributed by atoms with E-state index < -0.39 is 5.97 Å². The van der Waals surface area contributed by atoms with Crippen molar-refractivity contribution < 1.29 is 19.1 Å². The number of aromatic nitrogens is 1. The fraction of sp³-hybridized carbons (Fsp3) is 0.368. The largest absolute Gasteiger partial charge is 0.497 e. The molecule has 1 N–H and O–H groups in total. The highest BCUT2D eigenvalue weighted by Crippen LogP contribution is 2.25. The highest BCUT2D eigenvalue weighted by atomic mass is 16.5. The topological polar surface area (TPSA) is 69.6 Å². The molecule has 1 aromatic heterocycles. The molecule has 134 valence electrons. The zero-order chi connectivity index (χ0) is 18.6. The van der Waals surface area contributed by atoms with Gasteiger partial charge in [-0.15, -0.1) is 0 Å². The Bertz CT molecular complexity index is 793. The van der Waals surface area contributed by atoms with Gasteiger partial charge in [-0.1, -0.05) is 6.07 Å². The van der Waals surface area contributed by atoms with Crippen LogP contribution in [0.4, 0.5) is 5.69 Å². The number of carbonyl (C=O) groups excluding carboxylic acids is 2. The number of nitrogens with one attached hydrogen (secondary N) is 1. The molecule has 6 heteroatoms. The third kappa shape index (κ3) is 3.68. The van der Waals surface area contributed by atoms with Crippen LogP contribution in [0.15, 0.2) is 24.3 Å². The van der Waals surface area contributed by atoms with E-state index in [1.54, 1.807) is 45.2 Å². The predicted octanol–water partition coefficient (Wildman–Crippen LogP) is 3.56.